The van der Waals surface area contributed by atoms with Gasteiger partial charge in [0.25, 0.3) is 5.91 Å². The highest BCUT2D eigenvalue weighted by Crippen LogP contribution is 2.13. The van der Waals surface area contributed by atoms with E-state index in [0.29, 0.717) is 18.3 Å². The molecule has 7 heteroatoms. The Hall–Kier alpha value is -2.57. The minimum Gasteiger partial charge on any atom is -0.493 e. The van der Waals surface area contributed by atoms with Gasteiger partial charge in [0, 0.05) is 0 Å². The number of amides is 2. The van der Waals surface area contributed by atoms with Crippen molar-refractivity contribution in [1.82, 2.24) is 5.32 Å². The molecule has 23 heavy (non-hydrogen) atoms. The van der Waals surface area contributed by atoms with Crippen LogP contribution in [0, 0.1) is 5.92 Å². The molecule has 1 aromatic carbocycles. The minimum atomic E-state index is -0.875. The number of esters is 1. The Morgan fingerprint density at radius 2 is 1.74 bits per heavy atom. The zero-order valence-corrected chi connectivity index (χ0v) is 13.5. The van der Waals surface area contributed by atoms with E-state index < -0.39 is 24.6 Å². The van der Waals surface area contributed by atoms with Gasteiger partial charge >= 0.3 is 12.1 Å². The van der Waals surface area contributed by atoms with E-state index in [1.165, 1.54) is 0 Å². The number of alkyl carbamates (subject to hydrolysis) is 1. The van der Waals surface area contributed by atoms with Crippen LogP contribution < -0.4 is 10.1 Å². The number of nitrogens with one attached hydrogen (secondary N) is 1. The zero-order valence-electron chi connectivity index (χ0n) is 13.5. The van der Waals surface area contributed by atoms with Crippen molar-refractivity contribution in [3.05, 3.63) is 29.8 Å². The number of rotatable bonds is 7. The average molecular weight is 323 g/mol. The van der Waals surface area contributed by atoms with Gasteiger partial charge in [-0.3, -0.25) is 10.1 Å². The van der Waals surface area contributed by atoms with Gasteiger partial charge in [-0.15, -0.1) is 0 Å². The highest BCUT2D eigenvalue weighted by molar-refractivity contribution is 5.95. The molecule has 2 amide bonds. The van der Waals surface area contributed by atoms with Crippen LogP contribution in [0.25, 0.3) is 0 Å². The van der Waals surface area contributed by atoms with Crippen molar-refractivity contribution >= 4 is 18.0 Å². The fourth-order valence-electron chi connectivity index (χ4n) is 1.48. The first-order valence-electron chi connectivity index (χ1n) is 7.29. The topological polar surface area (TPSA) is 90.9 Å². The first-order valence-corrected chi connectivity index (χ1v) is 7.29. The molecule has 0 aliphatic rings. The lowest BCUT2D eigenvalue weighted by molar-refractivity contribution is -0.123. The summed E-state index contributed by atoms with van der Waals surface area (Å²) in [6.45, 7) is 5.84. The second-order valence-electron chi connectivity index (χ2n) is 5.07. The summed E-state index contributed by atoms with van der Waals surface area (Å²) in [7, 11) is 0. The van der Waals surface area contributed by atoms with E-state index in [1.54, 1.807) is 31.2 Å². The third kappa shape index (κ3) is 7.30. The molecule has 1 N–H and O–H groups in total. The van der Waals surface area contributed by atoms with Gasteiger partial charge < -0.3 is 14.2 Å². The number of ether oxygens (including phenoxy) is 3. The summed E-state index contributed by atoms with van der Waals surface area (Å²) in [6, 6.07) is 6.39. The Kier molecular flexibility index (Phi) is 7.59. The maximum absolute atomic E-state index is 11.8. The standard InChI is InChI=1S/C16H21NO6/c1-4-21-16(20)17-14(18)10-23-15(19)12-5-7-13(8-6-12)22-9-11(2)3/h5-8,11H,4,9-10H2,1-3H3,(H,17,18,20). The molecule has 0 fully saturated rings. The number of hydrogen-bond acceptors (Lipinski definition) is 6. The molecule has 0 heterocycles. The van der Waals surface area contributed by atoms with Crippen molar-refractivity contribution in [1.29, 1.82) is 0 Å². The average Bonchev–Trinajstić information content (AvgIpc) is 2.51. The van der Waals surface area contributed by atoms with Gasteiger partial charge in [-0.05, 0) is 37.1 Å². The fraction of sp³-hybridized carbons (Fsp3) is 0.438. The third-order valence-electron chi connectivity index (χ3n) is 2.52. The monoisotopic (exact) mass is 323 g/mol. The second kappa shape index (κ2) is 9.45. The maximum Gasteiger partial charge on any atom is 0.413 e. The highest BCUT2D eigenvalue weighted by Gasteiger charge is 2.13. The normalized spacial score (nSPS) is 10.1. The van der Waals surface area contributed by atoms with Gasteiger partial charge in [0.2, 0.25) is 0 Å². The number of hydrogen-bond donors (Lipinski definition) is 1. The van der Waals surface area contributed by atoms with E-state index in [-0.39, 0.29) is 12.2 Å². The fourth-order valence-corrected chi connectivity index (χ4v) is 1.48. The molecule has 0 aliphatic heterocycles. The van der Waals surface area contributed by atoms with Gasteiger partial charge in [0.15, 0.2) is 6.61 Å². The van der Waals surface area contributed by atoms with Crippen LogP contribution in [0.3, 0.4) is 0 Å². The molecule has 1 rings (SSSR count). The minimum absolute atomic E-state index is 0.143. The lowest BCUT2D eigenvalue weighted by atomic mass is 10.2. The Morgan fingerprint density at radius 3 is 2.30 bits per heavy atom. The SMILES string of the molecule is CCOC(=O)NC(=O)COC(=O)c1ccc(OCC(C)C)cc1. The Bertz CT molecular complexity index is 538. The van der Waals surface area contributed by atoms with Gasteiger partial charge in [0.05, 0.1) is 18.8 Å². The van der Waals surface area contributed by atoms with Crippen LogP contribution in [0.1, 0.15) is 31.1 Å². The molecule has 0 saturated heterocycles. The van der Waals surface area contributed by atoms with Crippen molar-refractivity contribution in [3.8, 4) is 5.75 Å². The summed E-state index contributed by atoms with van der Waals surface area (Å²) >= 11 is 0. The van der Waals surface area contributed by atoms with E-state index in [1.807, 2.05) is 19.2 Å². The molecule has 0 saturated carbocycles. The number of imide groups is 1. The van der Waals surface area contributed by atoms with Crippen LogP contribution in [0.2, 0.25) is 0 Å². The van der Waals surface area contributed by atoms with Crippen LogP contribution in [0.4, 0.5) is 4.79 Å². The van der Waals surface area contributed by atoms with Gasteiger partial charge in [0.1, 0.15) is 5.75 Å². The summed E-state index contributed by atoms with van der Waals surface area (Å²) in [5.41, 5.74) is 0.283. The van der Waals surface area contributed by atoms with Gasteiger partial charge in [-0.1, -0.05) is 13.8 Å². The van der Waals surface area contributed by atoms with Crippen LogP contribution in [0.5, 0.6) is 5.75 Å². The molecule has 0 atom stereocenters. The predicted octanol–water partition coefficient (Wildman–Crippen LogP) is 2.15. The molecule has 0 bridgehead atoms. The van der Waals surface area contributed by atoms with E-state index >= 15 is 0 Å². The zero-order chi connectivity index (χ0) is 17.2. The first-order chi connectivity index (χ1) is 10.9. The predicted molar refractivity (Wildman–Crippen MR) is 82.2 cm³/mol. The largest absolute Gasteiger partial charge is 0.493 e. The summed E-state index contributed by atoms with van der Waals surface area (Å²) in [5, 5.41) is 1.93. The molecule has 0 unspecified atom stereocenters. The molecule has 0 spiro atoms. The van der Waals surface area contributed by atoms with Crippen molar-refractivity contribution in [3.63, 3.8) is 0 Å². The summed E-state index contributed by atoms with van der Waals surface area (Å²) in [5.74, 6) is -0.374. The molecule has 0 radical (unpaired) electrons. The molecule has 0 aliphatic carbocycles. The Morgan fingerprint density at radius 1 is 1.09 bits per heavy atom. The van der Waals surface area contributed by atoms with E-state index in [0.717, 1.165) is 0 Å². The summed E-state index contributed by atoms with van der Waals surface area (Å²) < 4.78 is 14.8. The quantitative estimate of drug-likeness (QED) is 0.773. The molecule has 0 aromatic heterocycles. The van der Waals surface area contributed by atoms with E-state index in [9.17, 15) is 14.4 Å². The maximum atomic E-state index is 11.8. The van der Waals surface area contributed by atoms with Crippen LogP contribution in [0.15, 0.2) is 24.3 Å². The summed E-state index contributed by atoms with van der Waals surface area (Å²) in [6.07, 6.45) is -0.875. The molecule has 7 nitrogen and oxygen atoms in total. The van der Waals surface area contributed by atoms with Crippen molar-refractivity contribution in [2.24, 2.45) is 5.92 Å². The summed E-state index contributed by atoms with van der Waals surface area (Å²) in [4.78, 5) is 34.1. The number of carbonyl (C=O) groups excluding carboxylic acids is 3. The van der Waals surface area contributed by atoms with Crippen molar-refractivity contribution in [2.45, 2.75) is 20.8 Å². The van der Waals surface area contributed by atoms with Crippen molar-refractivity contribution in [2.75, 3.05) is 19.8 Å². The second-order valence-corrected chi connectivity index (χ2v) is 5.07. The molecular weight excluding hydrogens is 302 g/mol. The van der Waals surface area contributed by atoms with Crippen LogP contribution in [-0.2, 0) is 14.3 Å². The van der Waals surface area contributed by atoms with Crippen molar-refractivity contribution < 1.29 is 28.6 Å². The highest BCUT2D eigenvalue weighted by atomic mass is 16.6. The molecule has 126 valence electrons. The van der Waals surface area contributed by atoms with E-state index in [4.69, 9.17) is 9.47 Å². The lowest BCUT2D eigenvalue weighted by Gasteiger charge is -2.09. The number of benzene rings is 1. The lowest BCUT2D eigenvalue weighted by Crippen LogP contribution is -2.34. The van der Waals surface area contributed by atoms with E-state index in [2.05, 4.69) is 4.74 Å². The first kappa shape index (κ1) is 18.5. The van der Waals surface area contributed by atoms with Gasteiger partial charge in [-0.2, -0.15) is 0 Å². The smallest absolute Gasteiger partial charge is 0.413 e. The molecule has 1 aromatic rings. The number of carbonyl (C=O) groups is 3. The molecular formula is C16H21NO6. The van der Waals surface area contributed by atoms with Crippen LogP contribution >= 0.6 is 0 Å². The van der Waals surface area contributed by atoms with Crippen LogP contribution in [-0.4, -0.2) is 37.8 Å². The third-order valence-corrected chi connectivity index (χ3v) is 2.52. The van der Waals surface area contributed by atoms with Gasteiger partial charge in [-0.25, -0.2) is 9.59 Å². The Labute approximate surface area is 134 Å². The Balaban J connectivity index is 2.42.